The molecular weight excluding hydrogens is 344 g/mol. The van der Waals surface area contributed by atoms with Gasteiger partial charge in [0.1, 0.15) is 0 Å². The van der Waals surface area contributed by atoms with Crippen LogP contribution in [0.2, 0.25) is 0 Å². The van der Waals surface area contributed by atoms with Crippen molar-refractivity contribution in [3.63, 3.8) is 0 Å². The maximum Gasteiger partial charge on any atom is 0.280 e. The Morgan fingerprint density at radius 2 is 2.04 bits per heavy atom. The summed E-state index contributed by atoms with van der Waals surface area (Å²) >= 11 is 0. The number of hydrogen-bond acceptors (Lipinski definition) is 5. The normalized spacial score (nSPS) is 16.5. The molecule has 1 aliphatic rings. The van der Waals surface area contributed by atoms with Gasteiger partial charge in [-0.25, -0.2) is 4.98 Å². The van der Waals surface area contributed by atoms with Gasteiger partial charge >= 0.3 is 0 Å². The molecule has 1 aromatic carbocycles. The molecule has 4 rings (SSSR count). The van der Waals surface area contributed by atoms with Crippen molar-refractivity contribution in [3.05, 3.63) is 70.4 Å². The third kappa shape index (κ3) is 3.88. The number of carbonyl (C=O) groups excluding carboxylic acids is 1. The summed E-state index contributed by atoms with van der Waals surface area (Å²) in [5, 5.41) is 0. The van der Waals surface area contributed by atoms with E-state index in [9.17, 15) is 9.59 Å². The summed E-state index contributed by atoms with van der Waals surface area (Å²) in [6.07, 6.45) is 5.24. The van der Waals surface area contributed by atoms with Gasteiger partial charge in [0, 0.05) is 32.1 Å². The Bertz CT molecular complexity index is 997. The van der Waals surface area contributed by atoms with E-state index in [4.69, 9.17) is 4.74 Å². The zero-order valence-corrected chi connectivity index (χ0v) is 14.8. The van der Waals surface area contributed by atoms with Gasteiger partial charge < -0.3 is 14.6 Å². The first-order valence-electron chi connectivity index (χ1n) is 8.99. The van der Waals surface area contributed by atoms with Crippen LogP contribution in [0, 0.1) is 0 Å². The molecule has 1 fully saturated rings. The average Bonchev–Trinajstić information content (AvgIpc) is 3.20. The van der Waals surface area contributed by atoms with Crippen LogP contribution in [0.1, 0.15) is 28.9 Å². The van der Waals surface area contributed by atoms with E-state index in [1.807, 2.05) is 24.3 Å². The Morgan fingerprint density at radius 1 is 1.22 bits per heavy atom. The molecule has 0 saturated carbocycles. The highest BCUT2D eigenvalue weighted by Gasteiger charge is 2.26. The molecule has 1 N–H and O–H groups in total. The minimum absolute atomic E-state index is 0.0182. The molecule has 0 spiro atoms. The van der Waals surface area contributed by atoms with E-state index in [2.05, 4.69) is 15.0 Å². The summed E-state index contributed by atoms with van der Waals surface area (Å²) in [4.78, 5) is 38.4. The number of nitrogens with one attached hydrogen (secondary N) is 1. The number of nitrogens with zero attached hydrogens (tertiary/aromatic N) is 3. The number of pyridine rings is 1. The number of amides is 1. The summed E-state index contributed by atoms with van der Waals surface area (Å²) in [5.41, 5.74) is 1.56. The lowest BCUT2D eigenvalue weighted by Crippen LogP contribution is -2.40. The Hall–Kier alpha value is -3.06. The van der Waals surface area contributed by atoms with Crippen LogP contribution < -0.4 is 5.56 Å². The predicted molar refractivity (Wildman–Crippen MR) is 100 cm³/mol. The Labute approximate surface area is 156 Å². The van der Waals surface area contributed by atoms with E-state index in [1.165, 1.54) is 0 Å². The fraction of sp³-hybridized carbons (Fsp3) is 0.300. The first-order chi connectivity index (χ1) is 13.2. The van der Waals surface area contributed by atoms with E-state index < -0.39 is 11.5 Å². The molecule has 27 heavy (non-hydrogen) atoms. The number of carbonyl (C=O) groups is 1. The highest BCUT2D eigenvalue weighted by molar-refractivity contribution is 5.93. The van der Waals surface area contributed by atoms with E-state index in [-0.39, 0.29) is 11.8 Å². The van der Waals surface area contributed by atoms with Gasteiger partial charge in [0.05, 0.1) is 17.1 Å². The van der Waals surface area contributed by atoms with Crippen LogP contribution in [0.4, 0.5) is 0 Å². The summed E-state index contributed by atoms with van der Waals surface area (Å²) in [6, 6.07) is 10.9. The lowest BCUT2D eigenvalue weighted by molar-refractivity contribution is 0.0501. The third-order valence-electron chi connectivity index (χ3n) is 4.66. The summed E-state index contributed by atoms with van der Waals surface area (Å²) in [5.74, 6) is -0.394. The smallest absolute Gasteiger partial charge is 0.280 e. The average molecular weight is 364 g/mol. The van der Waals surface area contributed by atoms with Crippen LogP contribution in [0.15, 0.2) is 53.6 Å². The molecule has 1 saturated heterocycles. The van der Waals surface area contributed by atoms with E-state index in [0.29, 0.717) is 30.7 Å². The second-order valence-electron chi connectivity index (χ2n) is 6.61. The number of benzene rings is 1. The van der Waals surface area contributed by atoms with Crippen molar-refractivity contribution in [2.45, 2.75) is 25.5 Å². The van der Waals surface area contributed by atoms with Crippen LogP contribution >= 0.6 is 0 Å². The maximum absolute atomic E-state index is 13.2. The van der Waals surface area contributed by atoms with Crippen molar-refractivity contribution in [2.75, 3.05) is 13.2 Å². The second kappa shape index (κ2) is 7.67. The lowest BCUT2D eigenvalue weighted by Gasteiger charge is -2.25. The maximum atomic E-state index is 13.2. The van der Waals surface area contributed by atoms with Crippen LogP contribution in [0.5, 0.6) is 0 Å². The summed E-state index contributed by atoms with van der Waals surface area (Å²) in [6.45, 7) is 1.50. The molecule has 7 nitrogen and oxygen atoms in total. The van der Waals surface area contributed by atoms with Gasteiger partial charge in [-0.05, 0) is 42.7 Å². The fourth-order valence-corrected chi connectivity index (χ4v) is 3.29. The SMILES string of the molecule is O=C(c1nc2ccccc2[nH]c1=O)N(Cc1ccncc1)C[C@H]1CCCO1. The molecule has 0 unspecified atom stereocenters. The van der Waals surface area contributed by atoms with Crippen molar-refractivity contribution >= 4 is 16.9 Å². The highest BCUT2D eigenvalue weighted by Crippen LogP contribution is 2.16. The molecule has 3 aromatic rings. The Balaban J connectivity index is 1.66. The van der Waals surface area contributed by atoms with Crippen LogP contribution in [0.25, 0.3) is 11.0 Å². The number of para-hydroxylation sites is 2. The molecule has 7 heteroatoms. The zero-order valence-electron chi connectivity index (χ0n) is 14.8. The van der Waals surface area contributed by atoms with E-state index in [1.54, 1.807) is 29.4 Å². The topological polar surface area (TPSA) is 88.2 Å². The van der Waals surface area contributed by atoms with Gasteiger partial charge in [0.25, 0.3) is 11.5 Å². The van der Waals surface area contributed by atoms with Gasteiger partial charge in [-0.2, -0.15) is 0 Å². The van der Waals surface area contributed by atoms with Crippen molar-refractivity contribution in [2.24, 2.45) is 0 Å². The van der Waals surface area contributed by atoms with Crippen LogP contribution in [-0.4, -0.2) is 45.0 Å². The second-order valence-corrected chi connectivity index (χ2v) is 6.61. The number of fused-ring (bicyclic) bond motifs is 1. The molecule has 3 heterocycles. The van der Waals surface area contributed by atoms with E-state index >= 15 is 0 Å². The standard InChI is InChI=1S/C20H20N4O3/c25-19-18(22-16-5-1-2-6-17(16)23-19)20(26)24(13-15-4-3-11-27-15)12-14-7-9-21-10-8-14/h1-2,5-10,15H,3-4,11-13H2,(H,23,25)/t15-/m1/s1. The van der Waals surface area contributed by atoms with Gasteiger partial charge in [0.15, 0.2) is 5.69 Å². The van der Waals surface area contributed by atoms with Crippen LogP contribution in [0.3, 0.4) is 0 Å². The molecule has 0 aliphatic carbocycles. The predicted octanol–water partition coefficient (Wildman–Crippen LogP) is 2.14. The molecule has 0 radical (unpaired) electrons. The largest absolute Gasteiger partial charge is 0.376 e. The molecule has 1 atom stereocenters. The molecular formula is C20H20N4O3. The number of aromatic amines is 1. The van der Waals surface area contributed by atoms with Gasteiger partial charge in [0.2, 0.25) is 0 Å². The summed E-state index contributed by atoms with van der Waals surface area (Å²) in [7, 11) is 0. The lowest BCUT2D eigenvalue weighted by atomic mass is 10.2. The first kappa shape index (κ1) is 17.4. The Morgan fingerprint density at radius 3 is 2.81 bits per heavy atom. The number of rotatable bonds is 5. The number of hydrogen-bond donors (Lipinski definition) is 1. The summed E-state index contributed by atoms with van der Waals surface area (Å²) < 4.78 is 5.70. The number of H-pyrrole nitrogens is 1. The van der Waals surface area contributed by atoms with Gasteiger partial charge in [-0.3, -0.25) is 14.6 Å². The molecule has 1 amide bonds. The Kier molecular flexibility index (Phi) is 4.93. The fourth-order valence-electron chi connectivity index (χ4n) is 3.29. The zero-order chi connectivity index (χ0) is 18.6. The first-order valence-corrected chi connectivity index (χ1v) is 8.99. The van der Waals surface area contributed by atoms with Gasteiger partial charge in [-0.1, -0.05) is 12.1 Å². The van der Waals surface area contributed by atoms with E-state index in [0.717, 1.165) is 18.4 Å². The van der Waals surface area contributed by atoms with Crippen molar-refractivity contribution in [3.8, 4) is 0 Å². The van der Waals surface area contributed by atoms with Crippen molar-refractivity contribution in [1.82, 2.24) is 19.9 Å². The van der Waals surface area contributed by atoms with Crippen molar-refractivity contribution < 1.29 is 9.53 Å². The molecule has 0 bridgehead atoms. The minimum atomic E-state index is -0.481. The number of ether oxygens (including phenoxy) is 1. The number of aromatic nitrogens is 3. The monoisotopic (exact) mass is 364 g/mol. The molecule has 138 valence electrons. The molecule has 2 aromatic heterocycles. The quantitative estimate of drug-likeness (QED) is 0.749. The third-order valence-corrected chi connectivity index (χ3v) is 4.66. The van der Waals surface area contributed by atoms with Crippen molar-refractivity contribution in [1.29, 1.82) is 0 Å². The minimum Gasteiger partial charge on any atom is -0.376 e. The van der Waals surface area contributed by atoms with Gasteiger partial charge in [-0.15, -0.1) is 0 Å². The highest BCUT2D eigenvalue weighted by atomic mass is 16.5. The molecule has 1 aliphatic heterocycles. The van der Waals surface area contributed by atoms with Crippen LogP contribution in [-0.2, 0) is 11.3 Å².